The summed E-state index contributed by atoms with van der Waals surface area (Å²) in [6.07, 6.45) is -0.167. The summed E-state index contributed by atoms with van der Waals surface area (Å²) in [6.45, 7) is 14.9. The molecule has 1 aliphatic heterocycles. The normalized spacial score (nSPS) is 19.2. The van der Waals surface area contributed by atoms with E-state index in [0.717, 1.165) is 10.5 Å². The molecule has 0 bridgehead atoms. The number of amides is 2. The maximum atomic E-state index is 13.3. The molecular formula is C23H37N3O4. The third-order valence-corrected chi connectivity index (χ3v) is 5.30. The van der Waals surface area contributed by atoms with E-state index in [4.69, 9.17) is 4.74 Å². The summed E-state index contributed by atoms with van der Waals surface area (Å²) in [5, 5.41) is 14.4. The van der Waals surface area contributed by atoms with Crippen LogP contribution in [0.25, 0.3) is 0 Å². The van der Waals surface area contributed by atoms with Crippen LogP contribution in [-0.2, 0) is 21.7 Å². The third-order valence-electron chi connectivity index (χ3n) is 5.30. The zero-order valence-electron chi connectivity index (χ0n) is 19.4. The Morgan fingerprint density at radius 1 is 1.20 bits per heavy atom. The van der Waals surface area contributed by atoms with Gasteiger partial charge in [-0.2, -0.15) is 0 Å². The highest BCUT2D eigenvalue weighted by atomic mass is 16.6. The number of carbonyl (C=O) groups excluding carboxylic acids is 2. The minimum atomic E-state index is -2.11. The summed E-state index contributed by atoms with van der Waals surface area (Å²) in [5.74, 6) is -0.618. The SMILES string of the molecule is CC(C)N(CCNC(=O)C1(O)c2ccccc2CCN1C(=O)OC(C)(C)C)C(C)C. The van der Waals surface area contributed by atoms with Crippen LogP contribution >= 0.6 is 0 Å². The molecule has 1 unspecified atom stereocenters. The van der Waals surface area contributed by atoms with Crippen LogP contribution in [0.3, 0.4) is 0 Å². The van der Waals surface area contributed by atoms with E-state index in [-0.39, 0.29) is 6.54 Å². The van der Waals surface area contributed by atoms with Crippen molar-refractivity contribution in [3.8, 4) is 0 Å². The summed E-state index contributed by atoms with van der Waals surface area (Å²) >= 11 is 0. The fourth-order valence-corrected chi connectivity index (χ4v) is 3.94. The van der Waals surface area contributed by atoms with Crippen molar-refractivity contribution in [2.75, 3.05) is 19.6 Å². The van der Waals surface area contributed by atoms with Gasteiger partial charge in [-0.25, -0.2) is 4.79 Å². The van der Waals surface area contributed by atoms with Crippen molar-refractivity contribution in [1.29, 1.82) is 0 Å². The number of benzene rings is 1. The molecule has 2 amide bonds. The van der Waals surface area contributed by atoms with Crippen LogP contribution in [0.4, 0.5) is 4.79 Å². The Hall–Kier alpha value is -2.12. The van der Waals surface area contributed by atoms with Gasteiger partial charge in [-0.1, -0.05) is 24.3 Å². The van der Waals surface area contributed by atoms with Crippen LogP contribution in [0, 0.1) is 0 Å². The van der Waals surface area contributed by atoms with E-state index < -0.39 is 23.3 Å². The monoisotopic (exact) mass is 419 g/mol. The lowest BCUT2D eigenvalue weighted by atomic mass is 9.89. The first kappa shape index (κ1) is 24.2. The number of aliphatic hydroxyl groups is 1. The topological polar surface area (TPSA) is 82.1 Å². The molecule has 1 aromatic carbocycles. The van der Waals surface area contributed by atoms with Gasteiger partial charge in [-0.3, -0.25) is 14.6 Å². The average Bonchev–Trinajstić information content (AvgIpc) is 2.63. The van der Waals surface area contributed by atoms with Crippen molar-refractivity contribution >= 4 is 12.0 Å². The molecule has 1 atom stereocenters. The van der Waals surface area contributed by atoms with Gasteiger partial charge in [0.1, 0.15) is 5.60 Å². The maximum Gasteiger partial charge on any atom is 0.413 e. The highest BCUT2D eigenvalue weighted by Gasteiger charge is 2.51. The summed E-state index contributed by atoms with van der Waals surface area (Å²) in [7, 11) is 0. The lowest BCUT2D eigenvalue weighted by Gasteiger charge is -2.43. The Balaban J connectivity index is 2.28. The molecule has 0 saturated heterocycles. The van der Waals surface area contributed by atoms with E-state index >= 15 is 0 Å². The van der Waals surface area contributed by atoms with Gasteiger partial charge in [0, 0.05) is 37.3 Å². The number of nitrogens with one attached hydrogen (secondary N) is 1. The molecule has 1 aliphatic rings. The molecule has 2 rings (SSSR count). The summed E-state index contributed by atoms with van der Waals surface area (Å²) < 4.78 is 5.48. The molecule has 7 heteroatoms. The first-order valence-corrected chi connectivity index (χ1v) is 10.7. The largest absolute Gasteiger partial charge is 0.444 e. The average molecular weight is 420 g/mol. The van der Waals surface area contributed by atoms with Gasteiger partial charge in [0.15, 0.2) is 0 Å². The van der Waals surface area contributed by atoms with Crippen molar-refractivity contribution in [2.24, 2.45) is 0 Å². The number of fused-ring (bicyclic) bond motifs is 1. The smallest absolute Gasteiger partial charge is 0.413 e. The second kappa shape index (κ2) is 9.35. The molecule has 7 nitrogen and oxygen atoms in total. The molecular weight excluding hydrogens is 382 g/mol. The highest BCUT2D eigenvalue weighted by molar-refractivity contribution is 5.90. The van der Waals surface area contributed by atoms with Crippen molar-refractivity contribution < 1.29 is 19.4 Å². The van der Waals surface area contributed by atoms with Crippen LogP contribution in [0.15, 0.2) is 24.3 Å². The fraction of sp³-hybridized carbons (Fsp3) is 0.652. The van der Waals surface area contributed by atoms with E-state index in [1.165, 1.54) is 0 Å². The zero-order valence-corrected chi connectivity index (χ0v) is 19.4. The molecule has 1 aromatic rings. The molecule has 0 spiro atoms. The highest BCUT2D eigenvalue weighted by Crippen LogP contribution is 2.35. The van der Waals surface area contributed by atoms with Crippen molar-refractivity contribution in [2.45, 2.75) is 78.3 Å². The van der Waals surface area contributed by atoms with Crippen LogP contribution < -0.4 is 5.32 Å². The molecule has 2 N–H and O–H groups in total. The number of ether oxygens (including phenoxy) is 1. The Kier molecular flexibility index (Phi) is 7.53. The quantitative estimate of drug-likeness (QED) is 0.741. The molecule has 0 radical (unpaired) electrons. The Morgan fingerprint density at radius 2 is 1.80 bits per heavy atom. The van der Waals surface area contributed by atoms with Crippen molar-refractivity contribution in [3.05, 3.63) is 35.4 Å². The fourth-order valence-electron chi connectivity index (χ4n) is 3.94. The third kappa shape index (κ3) is 5.32. The predicted molar refractivity (Wildman–Crippen MR) is 117 cm³/mol. The van der Waals surface area contributed by atoms with Crippen LogP contribution in [0.5, 0.6) is 0 Å². The van der Waals surface area contributed by atoms with E-state index in [9.17, 15) is 14.7 Å². The standard InChI is InChI=1S/C23H37N3O4/c1-16(2)25(17(3)4)15-13-24-20(27)23(29)19-11-9-8-10-18(19)12-14-26(23)21(28)30-22(5,6)7/h8-11,16-17,29H,12-15H2,1-7H3,(H,24,27). The Labute approximate surface area is 180 Å². The van der Waals surface area contributed by atoms with Crippen LogP contribution in [-0.4, -0.2) is 64.2 Å². The number of carbonyl (C=O) groups is 2. The number of rotatable bonds is 6. The van der Waals surface area contributed by atoms with E-state index in [0.29, 0.717) is 37.2 Å². The van der Waals surface area contributed by atoms with Gasteiger partial charge in [0.2, 0.25) is 0 Å². The van der Waals surface area contributed by atoms with Gasteiger partial charge in [-0.15, -0.1) is 0 Å². The van der Waals surface area contributed by atoms with E-state index in [2.05, 4.69) is 37.9 Å². The number of hydrogen-bond donors (Lipinski definition) is 2. The number of hydrogen-bond acceptors (Lipinski definition) is 5. The van der Waals surface area contributed by atoms with Gasteiger partial charge >= 0.3 is 6.09 Å². The van der Waals surface area contributed by atoms with Crippen LogP contribution in [0.1, 0.15) is 59.6 Å². The molecule has 168 valence electrons. The first-order chi connectivity index (χ1) is 13.9. The summed E-state index contributed by atoms with van der Waals surface area (Å²) in [6, 6.07) is 7.86. The first-order valence-electron chi connectivity index (χ1n) is 10.7. The minimum absolute atomic E-state index is 0.194. The zero-order chi connectivity index (χ0) is 22.7. The van der Waals surface area contributed by atoms with Crippen molar-refractivity contribution in [3.63, 3.8) is 0 Å². The van der Waals surface area contributed by atoms with E-state index in [1.807, 2.05) is 12.1 Å². The maximum absolute atomic E-state index is 13.3. The lowest BCUT2D eigenvalue weighted by molar-refractivity contribution is -0.166. The Bertz CT molecular complexity index is 749. The molecule has 0 aromatic heterocycles. The lowest BCUT2D eigenvalue weighted by Crippen LogP contribution is -2.62. The summed E-state index contributed by atoms with van der Waals surface area (Å²) in [5.41, 5.74) is -1.58. The molecule has 30 heavy (non-hydrogen) atoms. The predicted octanol–water partition coefficient (Wildman–Crippen LogP) is 2.86. The van der Waals surface area contributed by atoms with Gasteiger partial charge in [0.25, 0.3) is 11.6 Å². The van der Waals surface area contributed by atoms with Crippen molar-refractivity contribution in [1.82, 2.24) is 15.1 Å². The second-order valence-electron chi connectivity index (χ2n) is 9.39. The Morgan fingerprint density at radius 3 is 2.37 bits per heavy atom. The van der Waals surface area contributed by atoms with Gasteiger partial charge in [0.05, 0.1) is 0 Å². The summed E-state index contributed by atoms with van der Waals surface area (Å²) in [4.78, 5) is 29.5. The molecule has 0 aliphatic carbocycles. The van der Waals surface area contributed by atoms with Crippen LogP contribution in [0.2, 0.25) is 0 Å². The molecule has 0 fully saturated rings. The molecule has 0 saturated carbocycles. The van der Waals surface area contributed by atoms with Gasteiger partial charge < -0.3 is 15.2 Å². The second-order valence-corrected chi connectivity index (χ2v) is 9.39. The van der Waals surface area contributed by atoms with Gasteiger partial charge in [-0.05, 0) is 60.5 Å². The minimum Gasteiger partial charge on any atom is -0.444 e. The molecule has 1 heterocycles. The number of nitrogens with zero attached hydrogens (tertiary/aromatic N) is 2. The van der Waals surface area contributed by atoms with E-state index in [1.54, 1.807) is 32.9 Å².